The van der Waals surface area contributed by atoms with E-state index in [0.717, 1.165) is 31.7 Å². The molecule has 0 fully saturated rings. The molecule has 9 heteroatoms. The van der Waals surface area contributed by atoms with E-state index < -0.39 is 4.92 Å². The lowest BCUT2D eigenvalue weighted by atomic mass is 10.00. The predicted molar refractivity (Wildman–Crippen MR) is 125 cm³/mol. The maximum absolute atomic E-state index is 10.9. The number of nitrogens with zero attached hydrogens (tertiary/aromatic N) is 3. The highest BCUT2D eigenvalue weighted by Crippen LogP contribution is 2.35. The number of aryl methyl sites for hydroxylation is 1. The summed E-state index contributed by atoms with van der Waals surface area (Å²) in [5.74, 6) is 0. The number of rotatable bonds is 6. The van der Waals surface area contributed by atoms with Crippen molar-refractivity contribution in [2.24, 2.45) is 4.99 Å². The fourth-order valence-corrected chi connectivity index (χ4v) is 4.35. The van der Waals surface area contributed by atoms with Crippen LogP contribution in [0.5, 0.6) is 0 Å². The molecule has 3 rings (SSSR count). The highest BCUT2D eigenvalue weighted by atomic mass is 32.2. The van der Waals surface area contributed by atoms with Gasteiger partial charge in [-0.25, -0.2) is 0 Å². The van der Waals surface area contributed by atoms with E-state index in [1.165, 1.54) is 23.9 Å². The van der Waals surface area contributed by atoms with Crippen LogP contribution in [0.3, 0.4) is 0 Å². The third-order valence-electron chi connectivity index (χ3n) is 4.54. The van der Waals surface area contributed by atoms with Crippen molar-refractivity contribution < 1.29 is 4.92 Å². The van der Waals surface area contributed by atoms with Crippen LogP contribution >= 0.6 is 23.1 Å². The molecule has 0 aliphatic carbocycles. The number of non-ortho nitro benzene ring substituents is 1. The molecule has 0 unspecified atom stereocenters. The van der Waals surface area contributed by atoms with Gasteiger partial charge in [0.05, 0.1) is 17.2 Å². The highest BCUT2D eigenvalue weighted by molar-refractivity contribution is 8.13. The summed E-state index contributed by atoms with van der Waals surface area (Å²) in [6, 6.07) is 9.93. The van der Waals surface area contributed by atoms with Gasteiger partial charge in [0.1, 0.15) is 5.00 Å². The largest absolute Gasteiger partial charge is 0.326 e. The lowest BCUT2D eigenvalue weighted by Gasteiger charge is -2.11. The second-order valence-corrected chi connectivity index (χ2v) is 8.50. The molecule has 1 aromatic carbocycles. The van der Waals surface area contributed by atoms with E-state index in [-0.39, 0.29) is 5.69 Å². The van der Waals surface area contributed by atoms with Crippen molar-refractivity contribution >= 4 is 44.7 Å². The molecule has 2 heterocycles. The summed E-state index contributed by atoms with van der Waals surface area (Å²) in [6.45, 7) is 4.51. The Morgan fingerprint density at radius 3 is 2.63 bits per heavy atom. The van der Waals surface area contributed by atoms with Crippen molar-refractivity contribution in [2.45, 2.75) is 20.4 Å². The Kier molecular flexibility index (Phi) is 6.96. The summed E-state index contributed by atoms with van der Waals surface area (Å²) in [5.41, 5.74) is 3.77. The van der Waals surface area contributed by atoms with Gasteiger partial charge in [-0.1, -0.05) is 17.8 Å². The molecule has 2 N–H and O–H groups in total. The SMILES string of the molecule is CSC(=NCc1cccnc1)Nc1sc(C)c(C)c1C(=N)c1ccc([N+](=O)[O-])cc1. The fraction of sp³-hybridized carbons (Fsp3) is 0.190. The number of nitro groups is 1. The van der Waals surface area contributed by atoms with E-state index in [1.54, 1.807) is 35.9 Å². The molecule has 0 radical (unpaired) electrons. The molecule has 0 bridgehead atoms. The van der Waals surface area contributed by atoms with E-state index in [0.29, 0.717) is 17.8 Å². The molecular weight excluding hydrogens is 418 g/mol. The van der Waals surface area contributed by atoms with Crippen molar-refractivity contribution in [1.29, 1.82) is 5.41 Å². The molecule has 0 aliphatic heterocycles. The average molecular weight is 440 g/mol. The predicted octanol–water partition coefficient (Wildman–Crippen LogP) is 5.42. The molecule has 0 saturated heterocycles. The third-order valence-corrected chi connectivity index (χ3v) is 6.28. The number of pyridine rings is 1. The number of hydrogen-bond donors (Lipinski definition) is 2. The third kappa shape index (κ3) is 4.92. The lowest BCUT2D eigenvalue weighted by Crippen LogP contribution is -2.11. The van der Waals surface area contributed by atoms with E-state index in [1.807, 2.05) is 32.2 Å². The number of amidine groups is 1. The maximum Gasteiger partial charge on any atom is 0.269 e. The number of hydrogen-bond acceptors (Lipinski definition) is 7. The molecule has 0 saturated carbocycles. The quantitative estimate of drug-likeness (QED) is 0.231. The Hall–Kier alpha value is -3.04. The Bertz CT molecular complexity index is 1090. The second-order valence-electron chi connectivity index (χ2n) is 6.48. The number of nitro benzene ring substituents is 1. The van der Waals surface area contributed by atoms with Gasteiger partial charge in [0, 0.05) is 40.5 Å². The smallest absolute Gasteiger partial charge is 0.269 e. The first-order valence-electron chi connectivity index (χ1n) is 9.08. The maximum atomic E-state index is 10.9. The van der Waals surface area contributed by atoms with Gasteiger partial charge in [0.2, 0.25) is 0 Å². The topological polar surface area (TPSA) is 104 Å². The number of thiophene rings is 1. The van der Waals surface area contributed by atoms with Crippen molar-refractivity contribution in [3.05, 3.63) is 86.0 Å². The summed E-state index contributed by atoms with van der Waals surface area (Å²) < 4.78 is 0. The van der Waals surface area contributed by atoms with Crippen LogP contribution in [-0.2, 0) is 6.54 Å². The minimum Gasteiger partial charge on any atom is -0.326 e. The van der Waals surface area contributed by atoms with Crippen molar-refractivity contribution in [3.63, 3.8) is 0 Å². The molecule has 0 aliphatic rings. The standard InChI is InChI=1S/C21H21N5O2S2/c1-13-14(2)30-20(25-21(29-3)24-12-15-5-4-10-23-11-15)18(13)19(22)16-6-8-17(9-7-16)26(27)28/h4-11,22H,12H2,1-3H3,(H,24,25). The van der Waals surface area contributed by atoms with Crippen LogP contribution in [0, 0.1) is 29.4 Å². The second kappa shape index (κ2) is 9.64. The van der Waals surface area contributed by atoms with Gasteiger partial charge < -0.3 is 5.32 Å². The van der Waals surface area contributed by atoms with Gasteiger partial charge in [-0.15, -0.1) is 11.3 Å². The fourth-order valence-electron chi connectivity index (χ4n) is 2.82. The van der Waals surface area contributed by atoms with Crippen LogP contribution < -0.4 is 5.32 Å². The van der Waals surface area contributed by atoms with E-state index in [9.17, 15) is 10.1 Å². The van der Waals surface area contributed by atoms with Crippen molar-refractivity contribution in [1.82, 2.24) is 4.98 Å². The average Bonchev–Trinajstić information content (AvgIpc) is 3.04. The first kappa shape index (κ1) is 21.7. The van der Waals surface area contributed by atoms with Gasteiger partial charge in [0.25, 0.3) is 5.69 Å². The summed E-state index contributed by atoms with van der Waals surface area (Å²) in [7, 11) is 0. The minimum absolute atomic E-state index is 0.00956. The van der Waals surface area contributed by atoms with E-state index in [2.05, 4.69) is 15.3 Å². The Morgan fingerprint density at radius 1 is 1.30 bits per heavy atom. The molecule has 3 aromatic rings. The van der Waals surface area contributed by atoms with Gasteiger partial charge >= 0.3 is 0 Å². The molecule has 30 heavy (non-hydrogen) atoms. The van der Waals surface area contributed by atoms with Crippen LogP contribution in [-0.4, -0.2) is 27.0 Å². The summed E-state index contributed by atoms with van der Waals surface area (Å²) in [4.78, 5) is 20.3. The zero-order valence-electron chi connectivity index (χ0n) is 16.8. The molecule has 0 atom stereocenters. The van der Waals surface area contributed by atoms with Crippen molar-refractivity contribution in [3.8, 4) is 0 Å². The molecule has 0 amide bonds. The number of thioether (sulfide) groups is 1. The Morgan fingerprint density at radius 2 is 2.03 bits per heavy atom. The van der Waals surface area contributed by atoms with Crippen LogP contribution in [0.2, 0.25) is 0 Å². The molecule has 154 valence electrons. The Labute approximate surface area is 183 Å². The van der Waals surface area contributed by atoms with E-state index >= 15 is 0 Å². The number of nitrogens with one attached hydrogen (secondary N) is 2. The number of benzene rings is 1. The molecular formula is C21H21N5O2S2. The van der Waals surface area contributed by atoms with Crippen LogP contribution in [0.1, 0.15) is 27.1 Å². The lowest BCUT2D eigenvalue weighted by molar-refractivity contribution is -0.384. The van der Waals surface area contributed by atoms with Crippen LogP contribution in [0.15, 0.2) is 53.8 Å². The van der Waals surface area contributed by atoms with Crippen LogP contribution in [0.25, 0.3) is 0 Å². The first-order chi connectivity index (χ1) is 14.4. The molecule has 0 spiro atoms. The monoisotopic (exact) mass is 439 g/mol. The zero-order chi connectivity index (χ0) is 21.7. The van der Waals surface area contributed by atoms with Gasteiger partial charge in [-0.2, -0.15) is 0 Å². The van der Waals surface area contributed by atoms with Gasteiger partial charge in [0.15, 0.2) is 5.17 Å². The zero-order valence-corrected chi connectivity index (χ0v) is 18.4. The summed E-state index contributed by atoms with van der Waals surface area (Å²) in [6.07, 6.45) is 5.47. The highest BCUT2D eigenvalue weighted by Gasteiger charge is 2.19. The number of aliphatic imine (C=N–C) groups is 1. The molecule has 2 aromatic heterocycles. The van der Waals surface area contributed by atoms with E-state index in [4.69, 9.17) is 5.41 Å². The first-order valence-corrected chi connectivity index (χ1v) is 11.1. The van der Waals surface area contributed by atoms with Gasteiger partial charge in [-0.05, 0) is 49.4 Å². The minimum atomic E-state index is -0.441. The summed E-state index contributed by atoms with van der Waals surface area (Å²) in [5, 5.41) is 24.6. The Balaban J connectivity index is 1.88. The normalized spacial score (nSPS) is 11.4. The van der Waals surface area contributed by atoms with Gasteiger partial charge in [-0.3, -0.25) is 25.5 Å². The van der Waals surface area contributed by atoms with Crippen LogP contribution in [0.4, 0.5) is 10.7 Å². The number of aromatic nitrogens is 1. The number of anilines is 1. The van der Waals surface area contributed by atoms with Crippen molar-refractivity contribution in [2.75, 3.05) is 11.6 Å². The summed E-state index contributed by atoms with van der Waals surface area (Å²) >= 11 is 3.07. The molecule has 7 nitrogen and oxygen atoms in total.